The molecule has 3 rings (SSSR count). The normalized spacial score (nSPS) is 11.9. The number of hydrogen-bond donors (Lipinski definition) is 2. The quantitative estimate of drug-likeness (QED) is 0.597. The van der Waals surface area contributed by atoms with Crippen molar-refractivity contribution >= 4 is 22.6 Å². The SMILES string of the molecule is CC(C)C[NH+](Cc1c(O)ccc2c(=O)c(-c3ccccc3Cl)coc12)CC(C)C. The number of rotatable bonds is 7. The van der Waals surface area contributed by atoms with Gasteiger partial charge in [0.25, 0.3) is 0 Å². The van der Waals surface area contributed by atoms with Crippen molar-refractivity contribution in [2.45, 2.75) is 34.2 Å². The van der Waals surface area contributed by atoms with E-state index in [0.717, 1.165) is 13.1 Å². The highest BCUT2D eigenvalue weighted by atomic mass is 35.5. The second kappa shape index (κ2) is 9.02. The summed E-state index contributed by atoms with van der Waals surface area (Å²) in [6.45, 7) is 11.3. The van der Waals surface area contributed by atoms with E-state index in [1.54, 1.807) is 24.3 Å². The summed E-state index contributed by atoms with van der Waals surface area (Å²) in [7, 11) is 0. The molecule has 0 saturated heterocycles. The van der Waals surface area contributed by atoms with E-state index in [1.807, 2.05) is 12.1 Å². The van der Waals surface area contributed by atoms with Crippen molar-refractivity contribution in [2.24, 2.45) is 11.8 Å². The summed E-state index contributed by atoms with van der Waals surface area (Å²) in [5, 5.41) is 11.5. The molecule has 0 aliphatic heterocycles. The molecule has 0 atom stereocenters. The van der Waals surface area contributed by atoms with Crippen LogP contribution in [-0.2, 0) is 6.54 Å². The topological polar surface area (TPSA) is 54.9 Å². The summed E-state index contributed by atoms with van der Waals surface area (Å²) < 4.78 is 5.92. The zero-order valence-corrected chi connectivity index (χ0v) is 18.2. The van der Waals surface area contributed by atoms with E-state index in [9.17, 15) is 9.90 Å². The maximum absolute atomic E-state index is 13.2. The van der Waals surface area contributed by atoms with Crippen LogP contribution in [0.1, 0.15) is 33.3 Å². The maximum Gasteiger partial charge on any atom is 0.200 e. The molecular formula is C24H29ClNO3+. The van der Waals surface area contributed by atoms with Crippen LogP contribution in [0.2, 0.25) is 5.02 Å². The Morgan fingerprint density at radius 1 is 1.00 bits per heavy atom. The first kappa shape index (κ1) is 21.4. The van der Waals surface area contributed by atoms with Gasteiger partial charge in [0.2, 0.25) is 5.43 Å². The minimum absolute atomic E-state index is 0.144. The number of nitrogens with one attached hydrogen (secondary N) is 1. The van der Waals surface area contributed by atoms with Crippen LogP contribution in [0.3, 0.4) is 0 Å². The third kappa shape index (κ3) is 4.82. The van der Waals surface area contributed by atoms with Gasteiger partial charge in [-0.2, -0.15) is 0 Å². The molecule has 0 aliphatic carbocycles. The van der Waals surface area contributed by atoms with E-state index in [2.05, 4.69) is 27.7 Å². The van der Waals surface area contributed by atoms with E-state index in [-0.39, 0.29) is 11.2 Å². The van der Waals surface area contributed by atoms with Crippen LogP contribution in [0.15, 0.2) is 51.9 Å². The van der Waals surface area contributed by atoms with Crippen LogP contribution in [0.5, 0.6) is 5.75 Å². The highest BCUT2D eigenvalue weighted by Crippen LogP contribution is 2.30. The van der Waals surface area contributed by atoms with Gasteiger partial charge in [-0.15, -0.1) is 0 Å². The van der Waals surface area contributed by atoms with E-state index in [4.69, 9.17) is 16.0 Å². The summed E-state index contributed by atoms with van der Waals surface area (Å²) in [4.78, 5) is 14.5. The Labute approximate surface area is 176 Å². The van der Waals surface area contributed by atoms with Crippen molar-refractivity contribution in [3.05, 3.63) is 63.5 Å². The third-order valence-electron chi connectivity index (χ3n) is 5.00. The van der Waals surface area contributed by atoms with Crippen molar-refractivity contribution in [1.29, 1.82) is 0 Å². The number of phenolic OH excluding ortho intramolecular Hbond substituents is 1. The summed E-state index contributed by atoms with van der Waals surface area (Å²) in [5.74, 6) is 1.22. The van der Waals surface area contributed by atoms with Gasteiger partial charge in [0.1, 0.15) is 24.1 Å². The summed E-state index contributed by atoms with van der Waals surface area (Å²) in [6.07, 6.45) is 1.46. The molecule has 0 radical (unpaired) electrons. The van der Waals surface area contributed by atoms with Gasteiger partial charge in [0, 0.05) is 22.4 Å². The Bertz CT molecular complexity index is 1050. The Balaban J connectivity index is 2.09. The fourth-order valence-electron chi connectivity index (χ4n) is 3.92. The molecule has 4 nitrogen and oxygen atoms in total. The molecule has 1 aromatic heterocycles. The number of benzene rings is 2. The molecular weight excluding hydrogens is 386 g/mol. The lowest BCUT2D eigenvalue weighted by Gasteiger charge is -2.24. The van der Waals surface area contributed by atoms with E-state index in [1.165, 1.54) is 11.2 Å². The number of phenols is 1. The minimum Gasteiger partial charge on any atom is -0.507 e. The molecule has 29 heavy (non-hydrogen) atoms. The van der Waals surface area contributed by atoms with Gasteiger partial charge in [-0.1, -0.05) is 57.5 Å². The largest absolute Gasteiger partial charge is 0.507 e. The van der Waals surface area contributed by atoms with Gasteiger partial charge < -0.3 is 14.4 Å². The molecule has 1 heterocycles. The van der Waals surface area contributed by atoms with Crippen LogP contribution < -0.4 is 10.3 Å². The summed E-state index contributed by atoms with van der Waals surface area (Å²) in [5.41, 5.74) is 2.06. The number of fused-ring (bicyclic) bond motifs is 1. The van der Waals surface area contributed by atoms with Gasteiger partial charge in [0.05, 0.1) is 29.6 Å². The summed E-state index contributed by atoms with van der Waals surface area (Å²) >= 11 is 6.28. The molecule has 5 heteroatoms. The van der Waals surface area contributed by atoms with Gasteiger partial charge in [-0.3, -0.25) is 4.79 Å². The first-order chi connectivity index (χ1) is 13.8. The second-order valence-corrected chi connectivity index (χ2v) is 8.93. The Morgan fingerprint density at radius 3 is 2.28 bits per heavy atom. The Kier molecular flexibility index (Phi) is 6.66. The number of halogens is 1. The van der Waals surface area contributed by atoms with E-state index < -0.39 is 0 Å². The highest BCUT2D eigenvalue weighted by Gasteiger charge is 2.21. The standard InChI is InChI=1S/C24H28ClNO3/c1-15(2)11-26(12-16(3)4)13-19-22(27)10-9-18-23(28)20(14-29-24(18)19)17-7-5-6-8-21(17)25/h5-10,14-16,27H,11-13H2,1-4H3/p+1. The van der Waals surface area contributed by atoms with Crippen molar-refractivity contribution in [3.63, 3.8) is 0 Å². The second-order valence-electron chi connectivity index (χ2n) is 8.52. The van der Waals surface area contributed by atoms with Crippen LogP contribution in [-0.4, -0.2) is 18.2 Å². The molecule has 0 spiro atoms. The van der Waals surface area contributed by atoms with Gasteiger partial charge >= 0.3 is 0 Å². The zero-order chi connectivity index (χ0) is 21.1. The van der Waals surface area contributed by atoms with Crippen LogP contribution >= 0.6 is 11.6 Å². The minimum atomic E-state index is -0.144. The van der Waals surface area contributed by atoms with E-state index in [0.29, 0.717) is 51.1 Å². The molecule has 0 bridgehead atoms. The first-order valence-electron chi connectivity index (χ1n) is 10.1. The van der Waals surface area contributed by atoms with E-state index >= 15 is 0 Å². The monoisotopic (exact) mass is 414 g/mol. The van der Waals surface area contributed by atoms with Crippen molar-refractivity contribution < 1.29 is 14.4 Å². The fourth-order valence-corrected chi connectivity index (χ4v) is 4.15. The van der Waals surface area contributed by atoms with Crippen LogP contribution in [0, 0.1) is 11.8 Å². The van der Waals surface area contributed by atoms with Crippen LogP contribution in [0.4, 0.5) is 0 Å². The lowest BCUT2D eigenvalue weighted by atomic mass is 10.0. The molecule has 3 aromatic rings. The lowest BCUT2D eigenvalue weighted by Crippen LogP contribution is -3.11. The highest BCUT2D eigenvalue weighted by molar-refractivity contribution is 6.33. The average Bonchev–Trinajstić information content (AvgIpc) is 2.64. The smallest absolute Gasteiger partial charge is 0.200 e. The zero-order valence-electron chi connectivity index (χ0n) is 17.5. The number of quaternary nitrogens is 1. The maximum atomic E-state index is 13.2. The molecule has 0 saturated carbocycles. The Hall–Kier alpha value is -2.30. The molecule has 0 aliphatic rings. The first-order valence-corrected chi connectivity index (χ1v) is 10.5. The predicted molar refractivity (Wildman–Crippen MR) is 119 cm³/mol. The van der Waals surface area contributed by atoms with Crippen LogP contribution in [0.25, 0.3) is 22.1 Å². The molecule has 0 unspecified atom stereocenters. The molecule has 2 N–H and O–H groups in total. The predicted octanol–water partition coefficient (Wildman–Crippen LogP) is 4.52. The van der Waals surface area contributed by atoms with Crippen molar-refractivity contribution in [3.8, 4) is 16.9 Å². The number of hydrogen-bond acceptors (Lipinski definition) is 3. The van der Waals surface area contributed by atoms with Gasteiger partial charge in [-0.05, 0) is 18.2 Å². The molecule has 0 fully saturated rings. The van der Waals surface area contributed by atoms with Gasteiger partial charge in [-0.25, -0.2) is 0 Å². The third-order valence-corrected chi connectivity index (χ3v) is 5.33. The fraction of sp³-hybridized carbons (Fsp3) is 0.375. The van der Waals surface area contributed by atoms with Crippen molar-refractivity contribution in [2.75, 3.05) is 13.1 Å². The lowest BCUT2D eigenvalue weighted by molar-refractivity contribution is -0.919. The van der Waals surface area contributed by atoms with Gasteiger partial charge in [0.15, 0.2) is 0 Å². The molecule has 0 amide bonds. The number of aromatic hydroxyl groups is 1. The summed E-state index contributed by atoms with van der Waals surface area (Å²) in [6, 6.07) is 10.4. The van der Waals surface area contributed by atoms with Crippen molar-refractivity contribution in [1.82, 2.24) is 0 Å². The average molecular weight is 415 g/mol. The molecule has 2 aromatic carbocycles. The molecule has 154 valence electrons. The Morgan fingerprint density at radius 2 is 1.66 bits per heavy atom.